The molecule has 0 heterocycles. The van der Waals surface area contributed by atoms with Gasteiger partial charge in [-0.1, -0.05) is 86.9 Å². The van der Waals surface area contributed by atoms with Crippen LogP contribution in [0.2, 0.25) is 0 Å². The van der Waals surface area contributed by atoms with Gasteiger partial charge in [0.2, 0.25) is 0 Å². The molecule has 0 bridgehead atoms. The molecule has 0 saturated heterocycles. The lowest BCUT2D eigenvalue weighted by atomic mass is 9.75. The lowest BCUT2D eigenvalue weighted by Gasteiger charge is -2.29. The molecule has 0 unspecified atom stereocenters. The Balaban J connectivity index is 1.99. The van der Waals surface area contributed by atoms with Crippen molar-refractivity contribution in [1.82, 2.24) is 0 Å². The molecular formula is C24H30. The zero-order valence-electron chi connectivity index (χ0n) is 15.6. The highest BCUT2D eigenvalue weighted by Crippen LogP contribution is 2.36. The molecule has 0 amide bonds. The van der Waals surface area contributed by atoms with Crippen molar-refractivity contribution in [2.45, 2.75) is 58.8 Å². The Bertz CT molecular complexity index is 713. The molecule has 0 aliphatic heterocycles. The van der Waals surface area contributed by atoms with E-state index in [4.69, 9.17) is 0 Å². The monoisotopic (exact) mass is 318 g/mol. The van der Waals surface area contributed by atoms with Crippen LogP contribution >= 0.6 is 0 Å². The molecule has 1 saturated carbocycles. The number of hydrogen-bond acceptors (Lipinski definition) is 0. The molecule has 126 valence electrons. The third kappa shape index (κ3) is 3.48. The van der Waals surface area contributed by atoms with Crippen molar-refractivity contribution < 1.29 is 0 Å². The van der Waals surface area contributed by atoms with Gasteiger partial charge in [-0.3, -0.25) is 0 Å². The van der Waals surface area contributed by atoms with E-state index < -0.39 is 0 Å². The van der Waals surface area contributed by atoms with Crippen LogP contribution in [0.5, 0.6) is 0 Å². The van der Waals surface area contributed by atoms with E-state index in [0.717, 1.165) is 5.92 Å². The normalized spacial score (nSPS) is 16.2. The summed E-state index contributed by atoms with van der Waals surface area (Å²) in [6, 6.07) is 15.6. The van der Waals surface area contributed by atoms with Crippen LogP contribution in [0.25, 0.3) is 6.08 Å². The Morgan fingerprint density at radius 2 is 1.62 bits per heavy atom. The minimum absolute atomic E-state index is 0.0211. The highest BCUT2D eigenvalue weighted by atomic mass is 14.3. The number of allylic oxidation sites excluding steroid dienone is 1. The average molecular weight is 319 g/mol. The summed E-state index contributed by atoms with van der Waals surface area (Å²) in [5.74, 6) is 0.787. The summed E-state index contributed by atoms with van der Waals surface area (Å²) in [6.07, 6.45) is 10.4. The van der Waals surface area contributed by atoms with Crippen molar-refractivity contribution in [2.24, 2.45) is 5.92 Å². The molecule has 24 heavy (non-hydrogen) atoms. The van der Waals surface area contributed by atoms with Gasteiger partial charge in [-0.2, -0.15) is 0 Å². The first-order chi connectivity index (χ1) is 11.5. The number of rotatable bonds is 4. The van der Waals surface area contributed by atoms with Crippen LogP contribution in [0.3, 0.4) is 0 Å². The first-order valence-corrected chi connectivity index (χ1v) is 9.34. The zero-order valence-corrected chi connectivity index (χ0v) is 15.6. The second-order valence-corrected chi connectivity index (χ2v) is 7.92. The predicted molar refractivity (Wildman–Crippen MR) is 105 cm³/mol. The molecule has 0 radical (unpaired) electrons. The van der Waals surface area contributed by atoms with E-state index in [-0.39, 0.29) is 5.41 Å². The fourth-order valence-electron chi connectivity index (χ4n) is 4.11. The summed E-state index contributed by atoms with van der Waals surface area (Å²) >= 11 is 0. The Hall–Kier alpha value is -1.82. The second kappa shape index (κ2) is 6.97. The maximum absolute atomic E-state index is 2.45. The molecule has 1 fully saturated rings. The van der Waals surface area contributed by atoms with Gasteiger partial charge >= 0.3 is 0 Å². The molecule has 3 rings (SSSR count). The lowest BCUT2D eigenvalue weighted by Crippen LogP contribution is -2.21. The van der Waals surface area contributed by atoms with Gasteiger partial charge in [0.15, 0.2) is 0 Å². The third-order valence-electron chi connectivity index (χ3n) is 5.71. The van der Waals surface area contributed by atoms with Crippen LogP contribution < -0.4 is 0 Å². The van der Waals surface area contributed by atoms with Crippen LogP contribution in [-0.4, -0.2) is 0 Å². The maximum Gasteiger partial charge on any atom is 0.0149 e. The highest BCUT2D eigenvalue weighted by molar-refractivity contribution is 5.59. The molecule has 1 aliphatic carbocycles. The first kappa shape index (κ1) is 17.0. The molecule has 0 nitrogen and oxygen atoms in total. The number of aryl methyl sites for hydroxylation is 1. The van der Waals surface area contributed by atoms with Gasteiger partial charge in [0, 0.05) is 5.41 Å². The van der Waals surface area contributed by atoms with Crippen LogP contribution in [0, 0.1) is 19.8 Å². The standard InChI is InChI=1S/C24H30/c1-18-16-21(15-14-20-10-8-9-11-20)19(2)23(17-18)24(3,4)22-12-6-5-7-13-22/h5-7,12-17,20H,8-11H2,1-4H3. The summed E-state index contributed by atoms with van der Waals surface area (Å²) < 4.78 is 0. The predicted octanol–water partition coefficient (Wildman–Crippen LogP) is 6.83. The van der Waals surface area contributed by atoms with E-state index in [9.17, 15) is 0 Å². The second-order valence-electron chi connectivity index (χ2n) is 7.92. The Morgan fingerprint density at radius 1 is 0.958 bits per heavy atom. The molecule has 0 aromatic heterocycles. The van der Waals surface area contributed by atoms with Crippen molar-refractivity contribution in [3.63, 3.8) is 0 Å². The van der Waals surface area contributed by atoms with Gasteiger partial charge in [0.1, 0.15) is 0 Å². The zero-order chi connectivity index (χ0) is 17.2. The van der Waals surface area contributed by atoms with Crippen LogP contribution in [-0.2, 0) is 5.41 Å². The summed E-state index contributed by atoms with van der Waals surface area (Å²) in [4.78, 5) is 0. The van der Waals surface area contributed by atoms with Crippen molar-refractivity contribution >= 4 is 6.08 Å². The topological polar surface area (TPSA) is 0 Å². The van der Waals surface area contributed by atoms with Crippen molar-refractivity contribution in [3.05, 3.63) is 76.4 Å². The van der Waals surface area contributed by atoms with Gasteiger partial charge in [-0.05, 0) is 54.9 Å². The van der Waals surface area contributed by atoms with Gasteiger partial charge in [-0.25, -0.2) is 0 Å². The summed E-state index contributed by atoms with van der Waals surface area (Å²) in [5.41, 5.74) is 7.01. The van der Waals surface area contributed by atoms with Crippen molar-refractivity contribution in [1.29, 1.82) is 0 Å². The molecular weight excluding hydrogens is 288 g/mol. The van der Waals surface area contributed by atoms with E-state index in [1.54, 1.807) is 0 Å². The van der Waals surface area contributed by atoms with Gasteiger partial charge in [0.05, 0.1) is 0 Å². The largest absolute Gasteiger partial charge is 0.0808 e. The van der Waals surface area contributed by atoms with Gasteiger partial charge in [-0.15, -0.1) is 0 Å². The van der Waals surface area contributed by atoms with Gasteiger partial charge < -0.3 is 0 Å². The smallest absolute Gasteiger partial charge is 0.0149 e. The lowest BCUT2D eigenvalue weighted by molar-refractivity contribution is 0.635. The molecule has 0 spiro atoms. The Kier molecular flexibility index (Phi) is 4.94. The fourth-order valence-corrected chi connectivity index (χ4v) is 4.11. The quantitative estimate of drug-likeness (QED) is 0.579. The Morgan fingerprint density at radius 3 is 2.29 bits per heavy atom. The van der Waals surface area contributed by atoms with Crippen molar-refractivity contribution in [2.75, 3.05) is 0 Å². The molecule has 2 aromatic carbocycles. The first-order valence-electron chi connectivity index (χ1n) is 9.34. The minimum atomic E-state index is 0.0211. The SMILES string of the molecule is Cc1cc(C=CC2CCCC2)c(C)c(C(C)(C)c2ccccc2)c1. The summed E-state index contributed by atoms with van der Waals surface area (Å²) in [5, 5.41) is 0. The van der Waals surface area contributed by atoms with Crippen LogP contribution in [0.4, 0.5) is 0 Å². The Labute approximate surface area is 147 Å². The van der Waals surface area contributed by atoms with E-state index in [0.29, 0.717) is 0 Å². The molecule has 0 heteroatoms. The molecule has 0 atom stereocenters. The highest BCUT2D eigenvalue weighted by Gasteiger charge is 2.25. The van der Waals surface area contributed by atoms with Crippen LogP contribution in [0.15, 0.2) is 48.5 Å². The van der Waals surface area contributed by atoms with E-state index in [1.165, 1.54) is 53.5 Å². The maximum atomic E-state index is 2.45. The van der Waals surface area contributed by atoms with E-state index >= 15 is 0 Å². The average Bonchev–Trinajstić information content (AvgIpc) is 3.09. The summed E-state index contributed by atoms with van der Waals surface area (Å²) in [7, 11) is 0. The van der Waals surface area contributed by atoms with E-state index in [2.05, 4.69) is 82.3 Å². The summed E-state index contributed by atoms with van der Waals surface area (Å²) in [6.45, 7) is 9.19. The molecule has 0 N–H and O–H groups in total. The van der Waals surface area contributed by atoms with Crippen LogP contribution in [0.1, 0.15) is 67.3 Å². The fraction of sp³-hybridized carbons (Fsp3) is 0.417. The molecule has 1 aliphatic rings. The minimum Gasteiger partial charge on any atom is -0.0808 e. The number of hydrogen-bond donors (Lipinski definition) is 0. The van der Waals surface area contributed by atoms with E-state index in [1.807, 2.05) is 0 Å². The molecule has 2 aromatic rings. The number of benzene rings is 2. The van der Waals surface area contributed by atoms with Crippen molar-refractivity contribution in [3.8, 4) is 0 Å². The van der Waals surface area contributed by atoms with Gasteiger partial charge in [0.25, 0.3) is 0 Å². The third-order valence-corrected chi connectivity index (χ3v) is 5.71.